The highest BCUT2D eigenvalue weighted by Gasteiger charge is 2.19. The van der Waals surface area contributed by atoms with E-state index in [-0.39, 0.29) is 31.6 Å². The van der Waals surface area contributed by atoms with E-state index >= 15 is 0 Å². The predicted molar refractivity (Wildman–Crippen MR) is 325 cm³/mol. The van der Waals surface area contributed by atoms with Crippen molar-refractivity contribution < 1.29 is 28.6 Å². The fourth-order valence-corrected chi connectivity index (χ4v) is 9.40. The van der Waals surface area contributed by atoms with E-state index in [1.807, 2.05) is 6.08 Å². The molecule has 0 aromatic carbocycles. The Morgan fingerprint density at radius 1 is 0.293 bits per heavy atom. The number of unbranched alkanes of at least 4 members (excludes halogenated alkanes) is 37. The maximum atomic E-state index is 12.8. The van der Waals surface area contributed by atoms with Crippen LogP contribution in [-0.2, 0) is 28.6 Å². The van der Waals surface area contributed by atoms with Crippen molar-refractivity contribution in [2.75, 3.05) is 13.2 Å². The maximum absolute atomic E-state index is 12.8. The molecule has 75 heavy (non-hydrogen) atoms. The predicted octanol–water partition coefficient (Wildman–Crippen LogP) is 22.1. The lowest BCUT2D eigenvalue weighted by atomic mass is 10.0. The van der Waals surface area contributed by atoms with Gasteiger partial charge in [-0.1, -0.05) is 312 Å². The Balaban J connectivity index is 4.16. The molecule has 0 bridgehead atoms. The van der Waals surface area contributed by atoms with Crippen molar-refractivity contribution in [2.24, 2.45) is 0 Å². The zero-order valence-electron chi connectivity index (χ0n) is 49.8. The van der Waals surface area contributed by atoms with Gasteiger partial charge in [0.1, 0.15) is 13.2 Å². The lowest BCUT2D eigenvalue weighted by Crippen LogP contribution is -2.30. The summed E-state index contributed by atoms with van der Waals surface area (Å²) in [6.07, 6.45) is 82.5. The van der Waals surface area contributed by atoms with E-state index in [0.29, 0.717) is 12.8 Å². The number of rotatable bonds is 59. The molecule has 0 aliphatic rings. The number of hydrogen-bond acceptors (Lipinski definition) is 6. The number of allylic oxidation sites excluding steroid dienone is 11. The average Bonchev–Trinajstić information content (AvgIpc) is 3.41. The number of hydrogen-bond donors (Lipinski definition) is 0. The molecule has 1 unspecified atom stereocenters. The van der Waals surface area contributed by atoms with Gasteiger partial charge in [-0.25, -0.2) is 0 Å². The smallest absolute Gasteiger partial charge is 0.310 e. The monoisotopic (exact) mass is 1050 g/mol. The second-order valence-electron chi connectivity index (χ2n) is 21.7. The molecule has 0 rings (SSSR count). The largest absolute Gasteiger partial charge is 0.462 e. The maximum Gasteiger partial charge on any atom is 0.310 e. The van der Waals surface area contributed by atoms with Gasteiger partial charge in [0.2, 0.25) is 0 Å². The summed E-state index contributed by atoms with van der Waals surface area (Å²) >= 11 is 0. The topological polar surface area (TPSA) is 78.9 Å². The van der Waals surface area contributed by atoms with Crippen LogP contribution in [0.4, 0.5) is 0 Å². The summed E-state index contributed by atoms with van der Waals surface area (Å²) in [5.41, 5.74) is 0. The third-order valence-corrected chi connectivity index (χ3v) is 14.2. The van der Waals surface area contributed by atoms with Gasteiger partial charge in [0, 0.05) is 12.8 Å². The van der Waals surface area contributed by atoms with Gasteiger partial charge in [-0.05, 0) is 70.6 Å². The molecule has 0 spiro atoms. The minimum atomic E-state index is -0.827. The van der Waals surface area contributed by atoms with Crippen LogP contribution >= 0.6 is 0 Å². The molecule has 434 valence electrons. The van der Waals surface area contributed by atoms with E-state index in [1.54, 1.807) is 6.08 Å². The molecule has 0 aromatic heterocycles. The van der Waals surface area contributed by atoms with E-state index < -0.39 is 12.1 Å². The van der Waals surface area contributed by atoms with E-state index in [9.17, 15) is 14.4 Å². The van der Waals surface area contributed by atoms with Gasteiger partial charge < -0.3 is 14.2 Å². The van der Waals surface area contributed by atoms with Gasteiger partial charge in [-0.15, -0.1) is 0 Å². The van der Waals surface area contributed by atoms with Gasteiger partial charge in [-0.2, -0.15) is 0 Å². The van der Waals surface area contributed by atoms with Crippen LogP contribution in [0.15, 0.2) is 72.9 Å². The standard InChI is InChI=1S/C69H122O6/c1-4-7-10-13-16-19-22-24-26-27-28-29-30-31-32-33-34-35-36-37-38-39-40-41-43-44-47-50-53-56-59-62-68(71)74-65-66(64-73-67(70)61-58-55-52-49-46-21-18-15-12-9-6-3)75-69(72)63-60-57-54-51-48-45-42-25-23-20-17-14-11-8-5-2/h8,11,17,20,25,27-28,42,48,51,57,60,66H,4-7,9-10,12-16,18-19,21-24,26,29-41,43-47,49-50,52-56,58-59,61-65H2,1-3H3/b11-8-,20-17-,28-27-,42-25-,51-48-,60-57-. The average molecular weight is 1050 g/mol. The Labute approximate surface area is 465 Å². The fraction of sp³-hybridized carbons (Fsp3) is 0.783. The zero-order chi connectivity index (χ0) is 54.3. The first kappa shape index (κ1) is 71.8. The Morgan fingerprint density at radius 3 is 0.867 bits per heavy atom. The highest BCUT2D eigenvalue weighted by Crippen LogP contribution is 2.17. The lowest BCUT2D eigenvalue weighted by Gasteiger charge is -2.18. The molecule has 0 saturated carbocycles. The molecule has 0 amide bonds. The van der Waals surface area contributed by atoms with Crippen molar-refractivity contribution in [1.29, 1.82) is 0 Å². The van der Waals surface area contributed by atoms with Crippen molar-refractivity contribution in [3.8, 4) is 0 Å². The zero-order valence-corrected chi connectivity index (χ0v) is 49.8. The van der Waals surface area contributed by atoms with Crippen molar-refractivity contribution >= 4 is 17.9 Å². The lowest BCUT2D eigenvalue weighted by molar-refractivity contribution is -0.166. The molecule has 0 radical (unpaired) electrons. The van der Waals surface area contributed by atoms with Crippen molar-refractivity contribution in [2.45, 2.75) is 335 Å². The van der Waals surface area contributed by atoms with Crippen LogP contribution in [0.2, 0.25) is 0 Å². The summed E-state index contributed by atoms with van der Waals surface area (Å²) in [5, 5.41) is 0. The van der Waals surface area contributed by atoms with Crippen LogP contribution in [0.5, 0.6) is 0 Å². The highest BCUT2D eigenvalue weighted by atomic mass is 16.6. The SMILES string of the molecule is CC/C=C\C/C=C\C/C=C\C/C=C\C/C=C\CC(=O)OC(COC(=O)CCCCCCCCCCCCC)COC(=O)CCCCCCCCCCCCCCCCCCCCC/C=C\CCCCCCCCCC. The third-order valence-electron chi connectivity index (χ3n) is 14.2. The van der Waals surface area contributed by atoms with E-state index in [2.05, 4.69) is 81.5 Å². The summed E-state index contributed by atoms with van der Waals surface area (Å²) in [4.78, 5) is 38.1. The van der Waals surface area contributed by atoms with Gasteiger partial charge in [0.05, 0.1) is 6.42 Å². The van der Waals surface area contributed by atoms with Crippen LogP contribution < -0.4 is 0 Å². The summed E-state index contributed by atoms with van der Waals surface area (Å²) < 4.78 is 16.8. The second kappa shape index (κ2) is 63.4. The minimum absolute atomic E-state index is 0.100. The van der Waals surface area contributed by atoms with Crippen LogP contribution in [-0.4, -0.2) is 37.2 Å². The van der Waals surface area contributed by atoms with Crippen molar-refractivity contribution in [1.82, 2.24) is 0 Å². The first-order valence-electron chi connectivity index (χ1n) is 32.4. The van der Waals surface area contributed by atoms with Gasteiger partial charge in [-0.3, -0.25) is 14.4 Å². The molecule has 6 heteroatoms. The number of ether oxygens (including phenoxy) is 3. The second-order valence-corrected chi connectivity index (χ2v) is 21.7. The molecule has 0 aliphatic heterocycles. The summed E-state index contributed by atoms with van der Waals surface area (Å²) in [6, 6.07) is 0. The van der Waals surface area contributed by atoms with Gasteiger partial charge in [0.15, 0.2) is 6.10 Å². The minimum Gasteiger partial charge on any atom is -0.462 e. The summed E-state index contributed by atoms with van der Waals surface area (Å²) in [6.45, 7) is 6.47. The molecule has 0 heterocycles. The van der Waals surface area contributed by atoms with Gasteiger partial charge >= 0.3 is 17.9 Å². The third kappa shape index (κ3) is 61.6. The van der Waals surface area contributed by atoms with Crippen LogP contribution in [0, 0.1) is 0 Å². The van der Waals surface area contributed by atoms with Crippen LogP contribution in [0.25, 0.3) is 0 Å². The number of carbonyl (C=O) groups is 3. The fourth-order valence-electron chi connectivity index (χ4n) is 9.40. The molecule has 1 atom stereocenters. The number of carbonyl (C=O) groups excluding carboxylic acids is 3. The first-order valence-corrected chi connectivity index (χ1v) is 32.4. The summed E-state index contributed by atoms with van der Waals surface area (Å²) in [5.74, 6) is -1.03. The molecule has 0 fully saturated rings. The normalized spacial score (nSPS) is 12.5. The Morgan fingerprint density at radius 2 is 0.560 bits per heavy atom. The quantitative estimate of drug-likeness (QED) is 0.0261. The van der Waals surface area contributed by atoms with Crippen molar-refractivity contribution in [3.05, 3.63) is 72.9 Å². The Bertz CT molecular complexity index is 1390. The number of esters is 3. The Hall–Kier alpha value is -3.15. The molecule has 0 N–H and O–H groups in total. The molecule has 6 nitrogen and oxygen atoms in total. The van der Waals surface area contributed by atoms with Gasteiger partial charge in [0.25, 0.3) is 0 Å². The first-order chi connectivity index (χ1) is 37.0. The summed E-state index contributed by atoms with van der Waals surface area (Å²) in [7, 11) is 0. The molecule has 0 aromatic rings. The molecule has 0 saturated heterocycles. The van der Waals surface area contributed by atoms with Crippen molar-refractivity contribution in [3.63, 3.8) is 0 Å². The van der Waals surface area contributed by atoms with E-state index in [1.165, 1.54) is 218 Å². The highest BCUT2D eigenvalue weighted by molar-refractivity contribution is 5.72. The molecule has 0 aliphatic carbocycles. The van der Waals surface area contributed by atoms with Crippen LogP contribution in [0.1, 0.15) is 329 Å². The molecular formula is C69H122O6. The Kier molecular flexibility index (Phi) is 60.7. The molecular weight excluding hydrogens is 925 g/mol. The van der Waals surface area contributed by atoms with E-state index in [4.69, 9.17) is 14.2 Å². The van der Waals surface area contributed by atoms with Crippen LogP contribution in [0.3, 0.4) is 0 Å². The van der Waals surface area contributed by atoms with E-state index in [0.717, 1.165) is 70.6 Å².